The Morgan fingerprint density at radius 3 is 2.30 bits per heavy atom. The van der Waals surface area contributed by atoms with Crippen molar-refractivity contribution < 1.29 is 9.53 Å². The van der Waals surface area contributed by atoms with Crippen LogP contribution in [0.5, 0.6) is 0 Å². The lowest BCUT2D eigenvalue weighted by Crippen LogP contribution is -2.44. The molecule has 2 nitrogen and oxygen atoms in total. The summed E-state index contributed by atoms with van der Waals surface area (Å²) in [6, 6.07) is 0. The molecule has 1 rings (SSSR count). The molecule has 0 aliphatic heterocycles. The molecule has 0 heterocycles. The van der Waals surface area contributed by atoms with E-state index in [2.05, 4.69) is 0 Å². The van der Waals surface area contributed by atoms with Crippen molar-refractivity contribution in [3.63, 3.8) is 0 Å². The molecular formula is C8H14O2. The third-order valence-corrected chi connectivity index (χ3v) is 2.43. The number of carbonyl (C=O) groups excluding carboxylic acids is 1. The average molecular weight is 142 g/mol. The second-order valence-corrected chi connectivity index (χ2v) is 3.37. The second kappa shape index (κ2) is 2.35. The number of Topliss-reactive ketones (excluding diaryl/α,β-unsaturated/α-hetero) is 1. The van der Waals surface area contributed by atoms with E-state index >= 15 is 0 Å². The number of ketones is 1. The van der Waals surface area contributed by atoms with Crippen LogP contribution in [0, 0.1) is 5.92 Å². The van der Waals surface area contributed by atoms with E-state index < -0.39 is 0 Å². The van der Waals surface area contributed by atoms with Gasteiger partial charge in [0.05, 0.1) is 5.60 Å². The Balaban J connectivity index is 2.55. The molecule has 0 bridgehead atoms. The molecule has 58 valence electrons. The standard InChI is InChI=1S/C8H14O2/c1-8(2,10-3)6-4-5-7(6)9/h6H,4-5H2,1-3H3. The number of carbonyl (C=O) groups is 1. The molecule has 1 atom stereocenters. The van der Waals surface area contributed by atoms with E-state index in [1.165, 1.54) is 0 Å². The summed E-state index contributed by atoms with van der Waals surface area (Å²) in [6.07, 6.45) is 1.75. The zero-order valence-corrected chi connectivity index (χ0v) is 6.81. The molecule has 10 heavy (non-hydrogen) atoms. The molecule has 1 saturated carbocycles. The van der Waals surface area contributed by atoms with Crippen LogP contribution >= 0.6 is 0 Å². The predicted molar refractivity (Wildman–Crippen MR) is 38.8 cm³/mol. The van der Waals surface area contributed by atoms with Crippen molar-refractivity contribution in [1.82, 2.24) is 0 Å². The quantitative estimate of drug-likeness (QED) is 0.582. The first-order valence-electron chi connectivity index (χ1n) is 3.66. The summed E-state index contributed by atoms with van der Waals surface area (Å²) in [4.78, 5) is 11.0. The van der Waals surface area contributed by atoms with Gasteiger partial charge < -0.3 is 4.74 Å². The van der Waals surface area contributed by atoms with E-state index in [1.807, 2.05) is 13.8 Å². The van der Waals surface area contributed by atoms with Crippen LogP contribution in [0.3, 0.4) is 0 Å². The van der Waals surface area contributed by atoms with Gasteiger partial charge in [0.25, 0.3) is 0 Å². The van der Waals surface area contributed by atoms with E-state index in [4.69, 9.17) is 4.74 Å². The monoisotopic (exact) mass is 142 g/mol. The van der Waals surface area contributed by atoms with Crippen molar-refractivity contribution in [2.75, 3.05) is 7.11 Å². The molecule has 0 aromatic carbocycles. The van der Waals surface area contributed by atoms with Crippen LogP contribution in [0.4, 0.5) is 0 Å². The molecule has 0 aromatic rings. The van der Waals surface area contributed by atoms with Gasteiger partial charge in [0.2, 0.25) is 0 Å². The van der Waals surface area contributed by atoms with Crippen molar-refractivity contribution in [1.29, 1.82) is 0 Å². The molecule has 2 heteroatoms. The fourth-order valence-electron chi connectivity index (χ4n) is 1.28. The highest BCUT2D eigenvalue weighted by Crippen LogP contribution is 2.34. The Kier molecular flexibility index (Phi) is 1.82. The van der Waals surface area contributed by atoms with E-state index in [0.29, 0.717) is 5.78 Å². The summed E-state index contributed by atoms with van der Waals surface area (Å²) in [5.41, 5.74) is -0.241. The summed E-state index contributed by atoms with van der Waals surface area (Å²) in [7, 11) is 1.66. The van der Waals surface area contributed by atoms with E-state index in [1.54, 1.807) is 7.11 Å². The molecule has 0 spiro atoms. The van der Waals surface area contributed by atoms with E-state index in [9.17, 15) is 4.79 Å². The zero-order valence-electron chi connectivity index (χ0n) is 6.81. The lowest BCUT2D eigenvalue weighted by atomic mass is 9.73. The first kappa shape index (κ1) is 7.73. The molecule has 0 radical (unpaired) electrons. The maximum absolute atomic E-state index is 11.0. The molecule has 0 amide bonds. The predicted octanol–water partition coefficient (Wildman–Crippen LogP) is 1.39. The van der Waals surface area contributed by atoms with Crippen LogP contribution in [0.2, 0.25) is 0 Å². The topological polar surface area (TPSA) is 26.3 Å². The minimum atomic E-state index is -0.241. The molecule has 0 aromatic heterocycles. The molecule has 0 N–H and O–H groups in total. The lowest BCUT2D eigenvalue weighted by molar-refractivity contribution is -0.142. The number of hydrogen-bond donors (Lipinski definition) is 0. The number of rotatable bonds is 2. The Bertz CT molecular complexity index is 149. The molecular weight excluding hydrogens is 128 g/mol. The summed E-state index contributed by atoms with van der Waals surface area (Å²) < 4.78 is 5.19. The molecule has 1 fully saturated rings. The van der Waals surface area contributed by atoms with Crippen LogP contribution in [0.15, 0.2) is 0 Å². The minimum absolute atomic E-state index is 0.150. The number of hydrogen-bond acceptors (Lipinski definition) is 2. The smallest absolute Gasteiger partial charge is 0.138 e. The SMILES string of the molecule is COC(C)(C)C1CCC1=O. The van der Waals surface area contributed by atoms with Crippen molar-refractivity contribution in [3.05, 3.63) is 0 Å². The first-order valence-corrected chi connectivity index (χ1v) is 3.66. The van der Waals surface area contributed by atoms with Crippen LogP contribution < -0.4 is 0 Å². The van der Waals surface area contributed by atoms with Crippen LogP contribution in [-0.2, 0) is 9.53 Å². The van der Waals surface area contributed by atoms with Gasteiger partial charge in [-0.05, 0) is 20.3 Å². The summed E-state index contributed by atoms with van der Waals surface area (Å²) in [6.45, 7) is 3.93. The van der Waals surface area contributed by atoms with Crippen molar-refractivity contribution in [2.45, 2.75) is 32.3 Å². The molecule has 1 aliphatic carbocycles. The van der Waals surface area contributed by atoms with Gasteiger partial charge >= 0.3 is 0 Å². The van der Waals surface area contributed by atoms with E-state index in [-0.39, 0.29) is 11.5 Å². The van der Waals surface area contributed by atoms with Crippen molar-refractivity contribution >= 4 is 5.78 Å². The largest absolute Gasteiger partial charge is 0.378 e. The van der Waals surface area contributed by atoms with E-state index in [0.717, 1.165) is 12.8 Å². The third kappa shape index (κ3) is 1.08. The fraction of sp³-hybridized carbons (Fsp3) is 0.875. The number of methoxy groups -OCH3 is 1. The fourth-order valence-corrected chi connectivity index (χ4v) is 1.28. The summed E-state index contributed by atoms with van der Waals surface area (Å²) in [5, 5.41) is 0. The normalized spacial score (nSPS) is 26.3. The van der Waals surface area contributed by atoms with Crippen LogP contribution in [0.25, 0.3) is 0 Å². The Morgan fingerprint density at radius 2 is 2.20 bits per heavy atom. The highest BCUT2D eigenvalue weighted by Gasteiger charge is 2.40. The Hall–Kier alpha value is -0.370. The highest BCUT2D eigenvalue weighted by atomic mass is 16.5. The Morgan fingerprint density at radius 1 is 1.60 bits per heavy atom. The molecule has 1 unspecified atom stereocenters. The van der Waals surface area contributed by atoms with Gasteiger partial charge in [-0.15, -0.1) is 0 Å². The maximum atomic E-state index is 11.0. The van der Waals surface area contributed by atoms with Gasteiger partial charge in [0, 0.05) is 19.4 Å². The van der Waals surface area contributed by atoms with Gasteiger partial charge in [-0.2, -0.15) is 0 Å². The zero-order chi connectivity index (χ0) is 7.78. The summed E-state index contributed by atoms with van der Waals surface area (Å²) >= 11 is 0. The van der Waals surface area contributed by atoms with Gasteiger partial charge in [-0.25, -0.2) is 0 Å². The van der Waals surface area contributed by atoms with Gasteiger partial charge in [0.15, 0.2) is 0 Å². The van der Waals surface area contributed by atoms with Crippen molar-refractivity contribution in [2.24, 2.45) is 5.92 Å². The van der Waals surface area contributed by atoms with Gasteiger partial charge in [-0.3, -0.25) is 4.79 Å². The summed E-state index contributed by atoms with van der Waals surface area (Å²) in [5.74, 6) is 0.504. The maximum Gasteiger partial charge on any atom is 0.138 e. The Labute approximate surface area is 61.6 Å². The average Bonchev–Trinajstić information content (AvgIpc) is 1.84. The third-order valence-electron chi connectivity index (χ3n) is 2.43. The van der Waals surface area contributed by atoms with Gasteiger partial charge in [-0.1, -0.05) is 0 Å². The van der Waals surface area contributed by atoms with Crippen LogP contribution in [0.1, 0.15) is 26.7 Å². The molecule has 0 saturated heterocycles. The molecule has 1 aliphatic rings. The first-order chi connectivity index (χ1) is 4.58. The lowest BCUT2D eigenvalue weighted by Gasteiger charge is -2.37. The second-order valence-electron chi connectivity index (χ2n) is 3.37. The number of ether oxygens (including phenoxy) is 1. The minimum Gasteiger partial charge on any atom is -0.378 e. The highest BCUT2D eigenvalue weighted by molar-refractivity contribution is 5.87. The van der Waals surface area contributed by atoms with Crippen LogP contribution in [-0.4, -0.2) is 18.5 Å². The van der Waals surface area contributed by atoms with Gasteiger partial charge in [0.1, 0.15) is 5.78 Å². The van der Waals surface area contributed by atoms with Crippen molar-refractivity contribution in [3.8, 4) is 0 Å².